The molecular weight excluding hydrogens is 229 g/mol. The molecule has 1 heterocycles. The van der Waals surface area contributed by atoms with Crippen LogP contribution in [0.15, 0.2) is 30.3 Å². The van der Waals surface area contributed by atoms with Crippen molar-refractivity contribution in [2.45, 2.75) is 25.4 Å². The smallest absolute Gasteiger partial charge is 0.427 e. The Labute approximate surface area is 122 Å². The zero-order chi connectivity index (χ0) is 11.6. The molecule has 1 fully saturated rings. The number of benzene rings is 1. The van der Waals surface area contributed by atoms with Gasteiger partial charge in [-0.15, -0.1) is 0 Å². The first-order chi connectivity index (χ1) is 7.69. The predicted molar refractivity (Wildman–Crippen MR) is 57.7 cm³/mol. The largest absolute Gasteiger partial charge is 1.00 e. The fourth-order valence-corrected chi connectivity index (χ4v) is 1.98. The Balaban J connectivity index is 0.00000144. The Kier molecular flexibility index (Phi) is 4.74. The second-order valence-corrected chi connectivity index (χ2v) is 3.79. The van der Waals surface area contributed by atoms with Crippen molar-refractivity contribution >= 4 is 12.0 Å². The minimum absolute atomic E-state index is 0. The van der Waals surface area contributed by atoms with Crippen LogP contribution >= 0.6 is 0 Å². The zero-order valence-electron chi connectivity index (χ0n) is 10.0. The van der Waals surface area contributed by atoms with Gasteiger partial charge in [0.2, 0.25) is 5.60 Å². The number of alkyl carbamates (subject to hydrolysis) is 1. The molecule has 1 atom stereocenters. The van der Waals surface area contributed by atoms with E-state index in [2.05, 4.69) is 5.32 Å². The molecule has 84 valence electrons. The summed E-state index contributed by atoms with van der Waals surface area (Å²) in [4.78, 5) is 23.0. The molecule has 1 N–H and O–H groups in total. The van der Waals surface area contributed by atoms with E-state index >= 15 is 0 Å². The second-order valence-electron chi connectivity index (χ2n) is 3.79. The second kappa shape index (κ2) is 5.67. The standard InChI is InChI=1S/C12H13NO3.Na/c1-2-8-12(9-6-4-3-5-7-9)10(14)13-11(15)16-12;/h3-7H,2,8H2,1H3,(H,13,14,15);/q;+1. The summed E-state index contributed by atoms with van der Waals surface area (Å²) in [6.45, 7) is 1.95. The summed E-state index contributed by atoms with van der Waals surface area (Å²) in [5, 5.41) is 2.19. The first-order valence-electron chi connectivity index (χ1n) is 5.29. The summed E-state index contributed by atoms with van der Waals surface area (Å²) < 4.78 is 5.19. The van der Waals surface area contributed by atoms with Crippen LogP contribution in [0.1, 0.15) is 25.3 Å². The number of hydrogen-bond acceptors (Lipinski definition) is 3. The van der Waals surface area contributed by atoms with E-state index in [4.69, 9.17) is 4.74 Å². The van der Waals surface area contributed by atoms with Gasteiger partial charge in [-0.2, -0.15) is 0 Å². The Hall–Kier alpha value is -0.840. The van der Waals surface area contributed by atoms with Crippen LogP contribution in [0.2, 0.25) is 0 Å². The van der Waals surface area contributed by atoms with Gasteiger partial charge in [-0.05, 0) is 0 Å². The van der Waals surface area contributed by atoms with Crippen LogP contribution in [0.25, 0.3) is 0 Å². The number of rotatable bonds is 3. The number of imide groups is 1. The van der Waals surface area contributed by atoms with Gasteiger partial charge in [0.05, 0.1) is 0 Å². The van der Waals surface area contributed by atoms with Gasteiger partial charge in [0.15, 0.2) is 0 Å². The van der Waals surface area contributed by atoms with E-state index in [-0.39, 0.29) is 35.5 Å². The van der Waals surface area contributed by atoms with Gasteiger partial charge >= 0.3 is 35.7 Å². The normalized spacial score (nSPS) is 22.6. The predicted octanol–water partition coefficient (Wildman–Crippen LogP) is -1.05. The molecule has 4 nitrogen and oxygen atoms in total. The molecular formula is C12H13NNaO3+. The molecule has 1 aromatic rings. The van der Waals surface area contributed by atoms with Crippen LogP contribution in [-0.4, -0.2) is 12.0 Å². The minimum Gasteiger partial charge on any atom is -0.427 e. The molecule has 1 aromatic carbocycles. The topological polar surface area (TPSA) is 55.4 Å². The Bertz CT molecular complexity index is 421. The fourth-order valence-electron chi connectivity index (χ4n) is 1.98. The van der Waals surface area contributed by atoms with Crippen LogP contribution in [0.5, 0.6) is 0 Å². The molecule has 5 heteroatoms. The Morgan fingerprint density at radius 1 is 1.24 bits per heavy atom. The van der Waals surface area contributed by atoms with E-state index in [0.29, 0.717) is 6.42 Å². The van der Waals surface area contributed by atoms with Crippen molar-refractivity contribution in [3.05, 3.63) is 35.9 Å². The molecule has 2 rings (SSSR count). The SMILES string of the molecule is CCCC1(c2ccccc2)OC(=O)NC1=O.[Na+]. The summed E-state index contributed by atoms with van der Waals surface area (Å²) in [5.41, 5.74) is -0.409. The maximum absolute atomic E-state index is 11.8. The summed E-state index contributed by atoms with van der Waals surface area (Å²) in [5.74, 6) is -0.370. The number of amides is 2. The molecule has 17 heavy (non-hydrogen) atoms. The number of cyclic esters (lactones) is 1. The van der Waals surface area contributed by atoms with Gasteiger partial charge in [-0.25, -0.2) is 4.79 Å². The maximum atomic E-state index is 11.8. The molecule has 0 aliphatic carbocycles. The number of carbonyl (C=O) groups excluding carboxylic acids is 2. The monoisotopic (exact) mass is 242 g/mol. The van der Waals surface area contributed by atoms with Crippen molar-refractivity contribution in [2.24, 2.45) is 0 Å². The number of nitrogens with one attached hydrogen (secondary N) is 1. The molecule has 1 aliphatic heterocycles. The quantitative estimate of drug-likeness (QED) is 0.688. The third kappa shape index (κ3) is 2.54. The van der Waals surface area contributed by atoms with E-state index in [9.17, 15) is 9.59 Å². The minimum atomic E-state index is -1.13. The third-order valence-electron chi connectivity index (χ3n) is 2.69. The van der Waals surface area contributed by atoms with E-state index in [1.807, 2.05) is 25.1 Å². The van der Waals surface area contributed by atoms with Crippen LogP contribution in [0, 0.1) is 0 Å². The Morgan fingerprint density at radius 2 is 1.88 bits per heavy atom. The number of ether oxygens (including phenoxy) is 1. The molecule has 0 bridgehead atoms. The van der Waals surface area contributed by atoms with Crippen molar-refractivity contribution in [1.82, 2.24) is 5.32 Å². The summed E-state index contributed by atoms with van der Waals surface area (Å²) in [6, 6.07) is 9.11. The molecule has 2 amide bonds. The van der Waals surface area contributed by atoms with Crippen LogP contribution in [-0.2, 0) is 15.1 Å². The summed E-state index contributed by atoms with van der Waals surface area (Å²) in [6.07, 6.45) is 0.590. The van der Waals surface area contributed by atoms with Crippen molar-refractivity contribution in [2.75, 3.05) is 0 Å². The number of carbonyl (C=O) groups is 2. The van der Waals surface area contributed by atoms with Crippen molar-refractivity contribution in [1.29, 1.82) is 0 Å². The van der Waals surface area contributed by atoms with Crippen LogP contribution < -0.4 is 34.9 Å². The molecule has 0 spiro atoms. The van der Waals surface area contributed by atoms with E-state index < -0.39 is 11.7 Å². The van der Waals surface area contributed by atoms with E-state index in [1.165, 1.54) is 0 Å². The molecule has 0 saturated carbocycles. The summed E-state index contributed by atoms with van der Waals surface area (Å²) in [7, 11) is 0. The van der Waals surface area contributed by atoms with Crippen LogP contribution in [0.3, 0.4) is 0 Å². The zero-order valence-corrected chi connectivity index (χ0v) is 12.0. The molecule has 0 radical (unpaired) electrons. The summed E-state index contributed by atoms with van der Waals surface area (Å²) >= 11 is 0. The van der Waals surface area contributed by atoms with Gasteiger partial charge in [0, 0.05) is 12.0 Å². The average Bonchev–Trinajstić information content (AvgIpc) is 2.57. The van der Waals surface area contributed by atoms with E-state index in [0.717, 1.165) is 12.0 Å². The van der Waals surface area contributed by atoms with E-state index in [1.54, 1.807) is 12.1 Å². The van der Waals surface area contributed by atoms with Gasteiger partial charge in [0.1, 0.15) is 0 Å². The first-order valence-corrected chi connectivity index (χ1v) is 5.29. The van der Waals surface area contributed by atoms with Gasteiger partial charge in [-0.1, -0.05) is 43.7 Å². The molecule has 1 aliphatic rings. The molecule has 1 saturated heterocycles. The average molecular weight is 242 g/mol. The van der Waals surface area contributed by atoms with Gasteiger partial charge in [-0.3, -0.25) is 10.1 Å². The fraction of sp³-hybridized carbons (Fsp3) is 0.333. The molecule has 1 unspecified atom stereocenters. The van der Waals surface area contributed by atoms with Crippen molar-refractivity contribution in [3.8, 4) is 0 Å². The third-order valence-corrected chi connectivity index (χ3v) is 2.69. The van der Waals surface area contributed by atoms with Gasteiger partial charge in [0.25, 0.3) is 5.91 Å². The number of hydrogen-bond donors (Lipinski definition) is 1. The van der Waals surface area contributed by atoms with Crippen LogP contribution in [0.4, 0.5) is 4.79 Å². The Morgan fingerprint density at radius 3 is 2.35 bits per heavy atom. The molecule has 0 aromatic heterocycles. The first kappa shape index (κ1) is 14.2. The van der Waals surface area contributed by atoms with Crippen molar-refractivity contribution in [3.63, 3.8) is 0 Å². The maximum Gasteiger partial charge on any atom is 1.00 e. The van der Waals surface area contributed by atoms with Gasteiger partial charge < -0.3 is 4.74 Å². The van der Waals surface area contributed by atoms with Crippen molar-refractivity contribution < 1.29 is 43.9 Å².